The summed E-state index contributed by atoms with van der Waals surface area (Å²) >= 11 is 0. The van der Waals surface area contributed by atoms with Crippen molar-refractivity contribution < 1.29 is 29.0 Å². The highest BCUT2D eigenvalue weighted by Crippen LogP contribution is 2.33. The van der Waals surface area contributed by atoms with Gasteiger partial charge >= 0.3 is 0 Å². The van der Waals surface area contributed by atoms with Crippen molar-refractivity contribution in [2.24, 2.45) is 27.9 Å². The lowest BCUT2D eigenvalue weighted by Gasteiger charge is -2.12. The number of aromatic nitrogens is 8. The lowest BCUT2D eigenvalue weighted by molar-refractivity contribution is 0.0991. The number of amides is 4. The monoisotopic (exact) mass is 845 g/mol. The first kappa shape index (κ1) is 43.4. The van der Waals surface area contributed by atoms with Crippen LogP contribution >= 0.6 is 0 Å². The van der Waals surface area contributed by atoms with E-state index in [1.54, 1.807) is 68.8 Å². The van der Waals surface area contributed by atoms with Gasteiger partial charge in [-0.3, -0.25) is 44.2 Å². The van der Waals surface area contributed by atoms with Crippen molar-refractivity contribution in [1.29, 1.82) is 0 Å². The summed E-state index contributed by atoms with van der Waals surface area (Å²) in [5.41, 5.74) is 25.8. The number of aromatic hydroxyl groups is 1. The minimum atomic E-state index is -0.771. The summed E-state index contributed by atoms with van der Waals surface area (Å²) in [6, 6.07) is 8.95. The number of phenolic OH excluding ortho intramolecular Hbond substituents is 1. The molecule has 0 radical (unpaired) electrons. The van der Waals surface area contributed by atoms with Gasteiger partial charge < -0.3 is 41.9 Å². The first-order chi connectivity index (χ1) is 29.7. The Kier molecular flexibility index (Phi) is 13.1. The fourth-order valence-electron chi connectivity index (χ4n) is 6.59. The number of aliphatic imine (C=N–C) groups is 1. The lowest BCUT2D eigenvalue weighted by Crippen LogP contribution is -2.20. The van der Waals surface area contributed by atoms with Crippen molar-refractivity contribution in [3.63, 3.8) is 0 Å². The third-order valence-electron chi connectivity index (χ3n) is 9.40. The first-order valence-electron chi connectivity index (χ1n) is 19.4. The summed E-state index contributed by atoms with van der Waals surface area (Å²) in [4.78, 5) is 65.2. The Bertz CT molecular complexity index is 2820. The molecule has 0 saturated carbocycles. The van der Waals surface area contributed by atoms with Crippen molar-refractivity contribution in [2.45, 2.75) is 53.9 Å². The fourth-order valence-corrected chi connectivity index (χ4v) is 6.59. The predicted octanol–water partition coefficient (Wildman–Crippen LogP) is 2.86. The first-order valence-corrected chi connectivity index (χ1v) is 19.4. The molecule has 21 nitrogen and oxygen atoms in total. The molecule has 0 atom stereocenters. The number of carbonyl (C=O) groups excluding carboxylic acids is 4. The van der Waals surface area contributed by atoms with Gasteiger partial charge in [0.25, 0.3) is 11.8 Å². The van der Waals surface area contributed by atoms with Crippen LogP contribution in [-0.2, 0) is 26.2 Å². The summed E-state index contributed by atoms with van der Waals surface area (Å²) < 4.78 is 12.6. The van der Waals surface area contributed by atoms with Gasteiger partial charge in [0.05, 0.1) is 34.7 Å². The van der Waals surface area contributed by atoms with E-state index >= 15 is 0 Å². The number of nitrogens with two attached hydrogens (primary N) is 4. The molecule has 4 amide bonds. The smallest absolute Gasteiger partial charge is 0.276 e. The van der Waals surface area contributed by atoms with Crippen molar-refractivity contribution in [1.82, 2.24) is 38.7 Å². The molecule has 0 aliphatic rings. The fraction of sp³-hybridized carbons (Fsp3) is 0.244. The quantitative estimate of drug-likeness (QED) is 0.0485. The minimum absolute atomic E-state index is 0.0260. The van der Waals surface area contributed by atoms with Gasteiger partial charge in [0.15, 0.2) is 0 Å². The summed E-state index contributed by atoms with van der Waals surface area (Å²) in [6.07, 6.45) is 9.66. The number of hydrogen-bond acceptors (Lipinski definition) is 13. The molecule has 322 valence electrons. The third kappa shape index (κ3) is 9.46. The Labute approximate surface area is 354 Å². The second kappa shape index (κ2) is 18.8. The molecule has 6 aromatic rings. The Morgan fingerprint density at radius 2 is 1.26 bits per heavy atom. The van der Waals surface area contributed by atoms with Crippen LogP contribution in [0.4, 0.5) is 11.9 Å². The molecule has 0 saturated heterocycles. The second-order valence-electron chi connectivity index (χ2n) is 13.8. The average molecular weight is 846 g/mol. The maximum absolute atomic E-state index is 13.7. The predicted molar refractivity (Wildman–Crippen MR) is 233 cm³/mol. The second-order valence-corrected chi connectivity index (χ2v) is 13.8. The van der Waals surface area contributed by atoms with Crippen molar-refractivity contribution in [2.75, 3.05) is 23.8 Å². The highest BCUT2D eigenvalue weighted by atomic mass is 16.5. The summed E-state index contributed by atoms with van der Waals surface area (Å²) in [5.74, 6) is -2.30. The van der Waals surface area contributed by atoms with E-state index in [-0.39, 0.29) is 65.3 Å². The van der Waals surface area contributed by atoms with Crippen LogP contribution < -0.4 is 38.3 Å². The van der Waals surface area contributed by atoms with Gasteiger partial charge in [-0.2, -0.15) is 10.2 Å². The zero-order chi connectivity index (χ0) is 44.7. The molecule has 11 N–H and O–H groups in total. The molecule has 0 bridgehead atoms. The molecule has 2 aromatic carbocycles. The van der Waals surface area contributed by atoms with Crippen LogP contribution in [0, 0.1) is 13.8 Å². The number of phenols is 1. The number of imidazole rings is 2. The van der Waals surface area contributed by atoms with E-state index in [0.717, 1.165) is 0 Å². The number of nitrogens with one attached hydrogen (secondary N) is 2. The van der Waals surface area contributed by atoms with Crippen LogP contribution in [0.15, 0.2) is 77.6 Å². The number of carbonyl (C=O) groups is 4. The number of allylic oxidation sites excluding steroid dienone is 3. The normalized spacial score (nSPS) is 12.1. The number of anilines is 2. The number of ether oxygens (including phenoxy) is 1. The number of benzene rings is 2. The van der Waals surface area contributed by atoms with Crippen LogP contribution in [0.1, 0.15) is 66.9 Å². The molecule has 62 heavy (non-hydrogen) atoms. The van der Waals surface area contributed by atoms with Crippen molar-refractivity contribution >= 4 is 63.8 Å². The van der Waals surface area contributed by atoms with E-state index in [0.29, 0.717) is 59.1 Å². The van der Waals surface area contributed by atoms with Gasteiger partial charge in [0.1, 0.15) is 40.5 Å². The summed E-state index contributed by atoms with van der Waals surface area (Å²) in [6.45, 7) is 8.67. The number of hydrogen-bond donors (Lipinski definition) is 7. The highest BCUT2D eigenvalue weighted by Gasteiger charge is 2.23. The molecule has 0 unspecified atom stereocenters. The van der Waals surface area contributed by atoms with Crippen LogP contribution in [0.3, 0.4) is 0 Å². The minimum Gasteiger partial charge on any atom is -0.506 e. The Hall–Kier alpha value is -8.23. The Balaban J connectivity index is 1.38. The number of aryl methyl sites for hydroxylation is 4. The van der Waals surface area contributed by atoms with E-state index < -0.39 is 23.6 Å². The standard InChI is InChI=1S/C41H47N15O6/c1-5-55-30(15-23(3)51-55)38(60)49-40-47-28-17-25(36(44)58)19-32(57)34(28)53(40)12-8-9-13-54-35-29(48-41(54)50-39(61)31-16-24(4)52-56(31)6-2)18-26(37(45)59)20-33(35)62-14-10-7-11-46-22-27(43)21-42/h7-10,15-22,57H,5-6,11-14,42-43H2,1-4H3,(H2,44,58)(H2,45,59)(H,47,49,60)(H,48,50,61)/b9-8+,10-7+,27-21+,46-22?. The van der Waals surface area contributed by atoms with Crippen LogP contribution in [0.2, 0.25) is 0 Å². The van der Waals surface area contributed by atoms with Crippen LogP contribution in [0.5, 0.6) is 11.5 Å². The van der Waals surface area contributed by atoms with E-state index in [9.17, 15) is 24.3 Å². The molecular weight excluding hydrogens is 799 g/mol. The SMILES string of the molecule is CCn1nc(C)cc1C(=O)Nc1nc2cc(C(N)=O)cc(O)c2n1C/C=C/Cn1c(NC(=O)c2cc(C)nn2CC)nc2cc(C(N)=O)cc(OC/C=C/CN=C/C(N)=C\N)c21. The van der Waals surface area contributed by atoms with Crippen LogP contribution in [-0.4, -0.2) is 86.8 Å². The average Bonchev–Trinajstić information content (AvgIpc) is 4.00. The molecule has 0 fully saturated rings. The molecule has 0 aliphatic heterocycles. The lowest BCUT2D eigenvalue weighted by atomic mass is 10.1. The number of fused-ring (bicyclic) bond motifs is 2. The number of rotatable bonds is 18. The van der Waals surface area contributed by atoms with Gasteiger partial charge in [0, 0.05) is 49.7 Å². The Morgan fingerprint density at radius 3 is 1.77 bits per heavy atom. The summed E-state index contributed by atoms with van der Waals surface area (Å²) in [7, 11) is 0. The van der Waals surface area contributed by atoms with Gasteiger partial charge in [-0.15, -0.1) is 0 Å². The van der Waals surface area contributed by atoms with Gasteiger partial charge in [-0.25, -0.2) is 9.97 Å². The molecule has 0 aliphatic carbocycles. The third-order valence-corrected chi connectivity index (χ3v) is 9.40. The highest BCUT2D eigenvalue weighted by molar-refractivity contribution is 6.05. The van der Waals surface area contributed by atoms with E-state index in [1.165, 1.54) is 36.7 Å². The maximum Gasteiger partial charge on any atom is 0.276 e. The van der Waals surface area contributed by atoms with Crippen molar-refractivity contribution in [3.05, 3.63) is 107 Å². The molecule has 0 spiro atoms. The van der Waals surface area contributed by atoms with E-state index in [1.807, 2.05) is 13.8 Å². The zero-order valence-electron chi connectivity index (χ0n) is 34.5. The Morgan fingerprint density at radius 1 is 0.742 bits per heavy atom. The molecular formula is C41H47N15O6. The van der Waals surface area contributed by atoms with E-state index in [2.05, 4.69) is 30.8 Å². The zero-order valence-corrected chi connectivity index (χ0v) is 34.5. The van der Waals surface area contributed by atoms with Gasteiger partial charge in [-0.1, -0.05) is 18.2 Å². The molecule has 6 rings (SSSR count). The van der Waals surface area contributed by atoms with E-state index in [4.69, 9.17) is 32.7 Å². The van der Waals surface area contributed by atoms with Gasteiger partial charge in [0.2, 0.25) is 23.7 Å². The molecule has 4 heterocycles. The largest absolute Gasteiger partial charge is 0.506 e. The molecule has 4 aromatic heterocycles. The van der Waals surface area contributed by atoms with Crippen molar-refractivity contribution in [3.8, 4) is 11.5 Å². The van der Waals surface area contributed by atoms with Crippen LogP contribution in [0.25, 0.3) is 22.1 Å². The maximum atomic E-state index is 13.7. The number of nitrogens with zero attached hydrogens (tertiary/aromatic N) is 9. The van der Waals surface area contributed by atoms with Gasteiger partial charge in [-0.05, 0) is 70.2 Å². The number of primary amides is 2. The molecule has 21 heteroatoms. The summed E-state index contributed by atoms with van der Waals surface area (Å²) in [5, 5.41) is 25.6. The topological polar surface area (TPSA) is 310 Å².